The Bertz CT molecular complexity index is 386. The normalized spacial score (nSPS) is 29.4. The number of nitrogens with one attached hydrogen (secondary N) is 2. The molecule has 1 aliphatic carbocycles. The fourth-order valence-corrected chi connectivity index (χ4v) is 2.34. The molecule has 2 aliphatic rings. The van der Waals surface area contributed by atoms with Crippen LogP contribution in [0.15, 0.2) is 0 Å². The molecule has 3 N–H and O–H groups in total. The number of carboxylic acids is 1. The Hall–Kier alpha value is -1.34. The number of aliphatic carboxylic acids is 1. The van der Waals surface area contributed by atoms with Crippen LogP contribution in [0.5, 0.6) is 0 Å². The van der Waals surface area contributed by atoms with E-state index in [0.29, 0.717) is 12.6 Å². The molecule has 2 amide bonds. The highest BCUT2D eigenvalue weighted by Gasteiger charge is 2.47. The first-order valence-corrected chi connectivity index (χ1v) is 6.99. The predicted molar refractivity (Wildman–Crippen MR) is 72.5 cm³/mol. The average Bonchev–Trinajstić information content (AvgIpc) is 3.16. The van der Waals surface area contributed by atoms with E-state index in [1.54, 1.807) is 6.92 Å². The van der Waals surface area contributed by atoms with Gasteiger partial charge in [-0.05, 0) is 26.8 Å². The molecule has 1 heterocycles. The minimum atomic E-state index is -1.05. The van der Waals surface area contributed by atoms with Crippen molar-refractivity contribution in [1.29, 1.82) is 0 Å². The summed E-state index contributed by atoms with van der Waals surface area (Å²) in [6.45, 7) is 3.30. The fraction of sp³-hybridized carbons (Fsp3) is 0.846. The van der Waals surface area contributed by atoms with Crippen molar-refractivity contribution in [3.8, 4) is 0 Å². The number of amides is 2. The maximum absolute atomic E-state index is 11.8. The minimum Gasteiger partial charge on any atom is -0.481 e. The Kier molecular flexibility index (Phi) is 4.49. The van der Waals surface area contributed by atoms with Crippen LogP contribution in [-0.2, 0) is 9.53 Å². The van der Waals surface area contributed by atoms with Crippen LogP contribution in [0.4, 0.5) is 4.79 Å². The molecule has 0 spiro atoms. The third kappa shape index (κ3) is 3.40. The molecule has 0 aromatic carbocycles. The lowest BCUT2D eigenvalue weighted by Crippen LogP contribution is -2.53. The summed E-state index contributed by atoms with van der Waals surface area (Å²) in [6.07, 6.45) is 2.47. The van der Waals surface area contributed by atoms with Crippen molar-refractivity contribution < 1.29 is 19.4 Å². The number of ether oxygens (including phenoxy) is 1. The van der Waals surface area contributed by atoms with E-state index in [0.717, 1.165) is 6.54 Å². The standard InChI is InChI=1S/C13H23N3O4/c1-13(11(17)18)8-20-7-10(13)15-12(19)14-5-6-16(2)9-3-4-9/h9-10H,3-8H2,1-2H3,(H,17,18)(H2,14,15,19). The number of rotatable bonds is 6. The van der Waals surface area contributed by atoms with Crippen LogP contribution < -0.4 is 10.6 Å². The van der Waals surface area contributed by atoms with E-state index in [2.05, 4.69) is 15.5 Å². The zero-order valence-electron chi connectivity index (χ0n) is 12.0. The van der Waals surface area contributed by atoms with Crippen LogP contribution in [0.3, 0.4) is 0 Å². The Morgan fingerprint density at radius 2 is 2.15 bits per heavy atom. The first-order chi connectivity index (χ1) is 9.43. The maximum Gasteiger partial charge on any atom is 0.315 e. The molecule has 7 nitrogen and oxygen atoms in total. The molecule has 2 atom stereocenters. The average molecular weight is 285 g/mol. The molecule has 1 saturated carbocycles. The third-order valence-corrected chi connectivity index (χ3v) is 4.17. The molecular formula is C13H23N3O4. The van der Waals surface area contributed by atoms with Crippen LogP contribution in [0.1, 0.15) is 19.8 Å². The second-order valence-electron chi connectivity index (χ2n) is 5.90. The second-order valence-corrected chi connectivity index (χ2v) is 5.90. The van der Waals surface area contributed by atoms with Crippen molar-refractivity contribution in [1.82, 2.24) is 15.5 Å². The molecule has 20 heavy (non-hydrogen) atoms. The van der Waals surface area contributed by atoms with E-state index in [-0.39, 0.29) is 19.2 Å². The van der Waals surface area contributed by atoms with Gasteiger partial charge in [-0.1, -0.05) is 0 Å². The summed E-state index contributed by atoms with van der Waals surface area (Å²) in [5, 5.41) is 14.7. The summed E-state index contributed by atoms with van der Waals surface area (Å²) in [5.74, 6) is -0.950. The maximum atomic E-state index is 11.8. The summed E-state index contributed by atoms with van der Waals surface area (Å²) >= 11 is 0. The number of likely N-dealkylation sites (N-methyl/N-ethyl adjacent to an activating group) is 1. The quantitative estimate of drug-likeness (QED) is 0.632. The van der Waals surface area contributed by atoms with Crippen LogP contribution in [0.2, 0.25) is 0 Å². The largest absolute Gasteiger partial charge is 0.481 e. The van der Waals surface area contributed by atoms with Crippen LogP contribution >= 0.6 is 0 Å². The molecular weight excluding hydrogens is 262 g/mol. The van der Waals surface area contributed by atoms with Gasteiger partial charge in [-0.25, -0.2) is 4.79 Å². The molecule has 2 unspecified atom stereocenters. The second kappa shape index (κ2) is 5.97. The Morgan fingerprint density at radius 1 is 1.45 bits per heavy atom. The molecule has 0 radical (unpaired) electrons. The summed E-state index contributed by atoms with van der Waals surface area (Å²) in [4.78, 5) is 25.3. The van der Waals surface area contributed by atoms with E-state index < -0.39 is 17.4 Å². The zero-order valence-corrected chi connectivity index (χ0v) is 12.0. The van der Waals surface area contributed by atoms with E-state index in [1.165, 1.54) is 12.8 Å². The lowest BCUT2D eigenvalue weighted by Gasteiger charge is -2.25. The van der Waals surface area contributed by atoms with Crippen molar-refractivity contribution in [3.05, 3.63) is 0 Å². The van der Waals surface area contributed by atoms with E-state index in [1.807, 2.05) is 7.05 Å². The zero-order chi connectivity index (χ0) is 14.8. The lowest BCUT2D eigenvalue weighted by atomic mass is 9.85. The van der Waals surface area contributed by atoms with Crippen LogP contribution in [0, 0.1) is 5.41 Å². The van der Waals surface area contributed by atoms with Gasteiger partial charge in [0, 0.05) is 19.1 Å². The number of hydrogen-bond donors (Lipinski definition) is 3. The topological polar surface area (TPSA) is 90.9 Å². The summed E-state index contributed by atoms with van der Waals surface area (Å²) in [7, 11) is 2.05. The highest BCUT2D eigenvalue weighted by atomic mass is 16.5. The Morgan fingerprint density at radius 3 is 2.75 bits per heavy atom. The molecule has 2 rings (SSSR count). The van der Waals surface area contributed by atoms with Gasteiger partial charge in [-0.2, -0.15) is 0 Å². The van der Waals surface area contributed by atoms with Gasteiger partial charge in [-0.15, -0.1) is 0 Å². The number of urea groups is 1. The van der Waals surface area contributed by atoms with Gasteiger partial charge in [0.25, 0.3) is 0 Å². The van der Waals surface area contributed by atoms with Crippen LogP contribution in [0.25, 0.3) is 0 Å². The van der Waals surface area contributed by atoms with E-state index >= 15 is 0 Å². The SMILES string of the molecule is CN(CCNC(=O)NC1COCC1(C)C(=O)O)C1CC1. The van der Waals surface area contributed by atoms with Crippen LogP contribution in [-0.4, -0.2) is 67.4 Å². The highest BCUT2D eigenvalue weighted by Crippen LogP contribution is 2.28. The van der Waals surface area contributed by atoms with Crippen molar-refractivity contribution in [2.75, 3.05) is 33.4 Å². The molecule has 1 saturated heterocycles. The molecule has 0 bridgehead atoms. The minimum absolute atomic E-state index is 0.123. The van der Waals surface area contributed by atoms with Gasteiger partial charge in [-0.3, -0.25) is 4.79 Å². The number of nitrogens with zero attached hydrogens (tertiary/aromatic N) is 1. The van der Waals surface area contributed by atoms with Gasteiger partial charge in [0.1, 0.15) is 5.41 Å². The van der Waals surface area contributed by atoms with E-state index in [4.69, 9.17) is 4.74 Å². The van der Waals surface area contributed by atoms with Crippen molar-refractivity contribution in [2.45, 2.75) is 31.8 Å². The first kappa shape index (κ1) is 15.1. The molecule has 0 aromatic heterocycles. The predicted octanol–water partition coefficient (Wildman–Crippen LogP) is -0.130. The molecule has 2 fully saturated rings. The monoisotopic (exact) mass is 285 g/mol. The smallest absolute Gasteiger partial charge is 0.315 e. The number of hydrogen-bond acceptors (Lipinski definition) is 4. The molecule has 7 heteroatoms. The Balaban J connectivity index is 1.72. The highest BCUT2D eigenvalue weighted by molar-refractivity contribution is 5.79. The third-order valence-electron chi connectivity index (χ3n) is 4.17. The molecule has 114 valence electrons. The lowest BCUT2D eigenvalue weighted by molar-refractivity contribution is -0.148. The summed E-state index contributed by atoms with van der Waals surface area (Å²) in [5.41, 5.74) is -1.05. The van der Waals surface area contributed by atoms with Gasteiger partial charge in [0.15, 0.2) is 0 Å². The van der Waals surface area contributed by atoms with Crippen molar-refractivity contribution in [3.63, 3.8) is 0 Å². The van der Waals surface area contributed by atoms with Crippen molar-refractivity contribution in [2.24, 2.45) is 5.41 Å². The van der Waals surface area contributed by atoms with Crippen molar-refractivity contribution >= 4 is 12.0 Å². The number of carbonyl (C=O) groups excluding carboxylic acids is 1. The fourth-order valence-electron chi connectivity index (χ4n) is 2.34. The number of carbonyl (C=O) groups is 2. The molecule has 1 aliphatic heterocycles. The Labute approximate surface area is 118 Å². The number of carboxylic acid groups (broad SMARTS) is 1. The molecule has 0 aromatic rings. The van der Waals surface area contributed by atoms with Gasteiger partial charge >= 0.3 is 12.0 Å². The summed E-state index contributed by atoms with van der Waals surface area (Å²) in [6, 6.07) is -0.170. The van der Waals surface area contributed by atoms with Gasteiger partial charge in [0.2, 0.25) is 0 Å². The van der Waals surface area contributed by atoms with Gasteiger partial charge in [0.05, 0.1) is 19.3 Å². The van der Waals surface area contributed by atoms with E-state index in [9.17, 15) is 14.7 Å². The first-order valence-electron chi connectivity index (χ1n) is 6.99. The van der Waals surface area contributed by atoms with Gasteiger partial charge < -0.3 is 25.4 Å². The summed E-state index contributed by atoms with van der Waals surface area (Å²) < 4.78 is 5.19.